The Hall–Kier alpha value is -0.570. The maximum absolute atomic E-state index is 11.1. The third-order valence-electron chi connectivity index (χ3n) is 2.62. The molecule has 0 saturated carbocycles. The first-order valence-electron chi connectivity index (χ1n) is 6.12. The van der Waals surface area contributed by atoms with Crippen LogP contribution in [0.15, 0.2) is 0 Å². The van der Waals surface area contributed by atoms with E-state index >= 15 is 0 Å². The number of primary amides is 1. The summed E-state index contributed by atoms with van der Waals surface area (Å²) in [5.41, 5.74) is 5.30. The predicted octanol–water partition coefficient (Wildman–Crippen LogP) is 2.06. The fourth-order valence-corrected chi connectivity index (χ4v) is 1.65. The molecule has 0 aromatic heterocycles. The highest BCUT2D eigenvalue weighted by molar-refractivity contribution is 5.80. The molecule has 1 amide bonds. The molecule has 3 heteroatoms. The van der Waals surface area contributed by atoms with Crippen molar-refractivity contribution in [3.63, 3.8) is 0 Å². The minimum absolute atomic E-state index is 0.170. The van der Waals surface area contributed by atoms with Crippen molar-refractivity contribution in [2.45, 2.75) is 58.9 Å². The summed E-state index contributed by atoms with van der Waals surface area (Å²) in [5.74, 6) is 0.0386. The molecule has 0 aliphatic rings. The molecule has 3 nitrogen and oxygen atoms in total. The summed E-state index contributed by atoms with van der Waals surface area (Å²) in [6, 6.07) is -0.170. The topological polar surface area (TPSA) is 55.1 Å². The summed E-state index contributed by atoms with van der Waals surface area (Å²) in [4.78, 5) is 11.1. The predicted molar refractivity (Wildman–Crippen MR) is 64.6 cm³/mol. The summed E-state index contributed by atoms with van der Waals surface area (Å²) in [6.45, 7) is 7.13. The SMILES string of the molecule is CCCCCCCNC(C(N)=O)C(C)C. The van der Waals surface area contributed by atoms with Crippen LogP contribution in [-0.2, 0) is 4.79 Å². The lowest BCUT2D eigenvalue weighted by atomic mass is 10.0. The Morgan fingerprint density at radius 3 is 2.27 bits per heavy atom. The molecule has 0 aliphatic heterocycles. The molecule has 0 saturated heterocycles. The number of hydrogen-bond donors (Lipinski definition) is 2. The van der Waals surface area contributed by atoms with Crippen LogP contribution in [-0.4, -0.2) is 18.5 Å². The van der Waals surface area contributed by atoms with Crippen LogP contribution >= 0.6 is 0 Å². The van der Waals surface area contributed by atoms with E-state index in [1.807, 2.05) is 13.8 Å². The fourth-order valence-electron chi connectivity index (χ4n) is 1.65. The lowest BCUT2D eigenvalue weighted by Gasteiger charge is -2.18. The standard InChI is InChI=1S/C12H26N2O/c1-4-5-6-7-8-9-14-11(10(2)3)12(13)15/h10-11,14H,4-9H2,1-3H3,(H2,13,15). The van der Waals surface area contributed by atoms with Gasteiger partial charge in [-0.05, 0) is 18.9 Å². The van der Waals surface area contributed by atoms with E-state index in [0.717, 1.165) is 13.0 Å². The molecule has 3 N–H and O–H groups in total. The number of nitrogens with two attached hydrogens (primary N) is 1. The average Bonchev–Trinajstić information content (AvgIpc) is 2.15. The second-order valence-corrected chi connectivity index (χ2v) is 4.49. The van der Waals surface area contributed by atoms with E-state index in [4.69, 9.17) is 5.73 Å². The molecule has 1 unspecified atom stereocenters. The van der Waals surface area contributed by atoms with E-state index in [0.29, 0.717) is 0 Å². The summed E-state index contributed by atoms with van der Waals surface area (Å²) < 4.78 is 0. The van der Waals surface area contributed by atoms with Crippen LogP contribution in [0.5, 0.6) is 0 Å². The minimum Gasteiger partial charge on any atom is -0.368 e. The van der Waals surface area contributed by atoms with Gasteiger partial charge in [-0.3, -0.25) is 4.79 Å². The normalized spacial score (nSPS) is 13.1. The third kappa shape index (κ3) is 7.37. The van der Waals surface area contributed by atoms with Crippen LogP contribution in [0.2, 0.25) is 0 Å². The average molecular weight is 214 g/mol. The number of rotatable bonds is 9. The van der Waals surface area contributed by atoms with Gasteiger partial charge in [0.05, 0.1) is 6.04 Å². The third-order valence-corrected chi connectivity index (χ3v) is 2.62. The van der Waals surface area contributed by atoms with Gasteiger partial charge in [0.25, 0.3) is 0 Å². The van der Waals surface area contributed by atoms with E-state index in [1.54, 1.807) is 0 Å². The van der Waals surface area contributed by atoms with Crippen molar-refractivity contribution in [1.29, 1.82) is 0 Å². The first-order chi connectivity index (χ1) is 7.09. The molecular weight excluding hydrogens is 188 g/mol. The van der Waals surface area contributed by atoms with Crippen LogP contribution in [0, 0.1) is 5.92 Å². The second-order valence-electron chi connectivity index (χ2n) is 4.49. The Balaban J connectivity index is 3.50. The Kier molecular flexibility index (Phi) is 8.38. The first-order valence-corrected chi connectivity index (χ1v) is 6.12. The smallest absolute Gasteiger partial charge is 0.234 e. The maximum Gasteiger partial charge on any atom is 0.234 e. The van der Waals surface area contributed by atoms with E-state index in [2.05, 4.69) is 12.2 Å². The molecule has 90 valence electrons. The van der Waals surface area contributed by atoms with Gasteiger partial charge in [0.1, 0.15) is 0 Å². The lowest BCUT2D eigenvalue weighted by Crippen LogP contribution is -2.45. The molecule has 15 heavy (non-hydrogen) atoms. The zero-order chi connectivity index (χ0) is 11.7. The van der Waals surface area contributed by atoms with Gasteiger partial charge >= 0.3 is 0 Å². The molecule has 0 radical (unpaired) electrons. The molecule has 0 aliphatic carbocycles. The molecule has 0 spiro atoms. The summed E-state index contributed by atoms with van der Waals surface area (Å²) in [7, 11) is 0. The zero-order valence-electron chi connectivity index (χ0n) is 10.4. The highest BCUT2D eigenvalue weighted by atomic mass is 16.1. The quantitative estimate of drug-likeness (QED) is 0.577. The molecule has 0 bridgehead atoms. The molecular formula is C12H26N2O. The largest absolute Gasteiger partial charge is 0.368 e. The Morgan fingerprint density at radius 2 is 1.80 bits per heavy atom. The van der Waals surface area contributed by atoms with Gasteiger partial charge in [-0.25, -0.2) is 0 Å². The van der Waals surface area contributed by atoms with Gasteiger partial charge in [0.2, 0.25) is 5.91 Å². The number of carbonyl (C=O) groups is 1. The molecule has 0 aromatic carbocycles. The lowest BCUT2D eigenvalue weighted by molar-refractivity contribution is -0.121. The van der Waals surface area contributed by atoms with E-state index in [-0.39, 0.29) is 17.9 Å². The second kappa shape index (κ2) is 8.72. The van der Waals surface area contributed by atoms with Crippen LogP contribution in [0.4, 0.5) is 0 Å². The van der Waals surface area contributed by atoms with Gasteiger partial charge < -0.3 is 11.1 Å². The summed E-state index contributed by atoms with van der Waals surface area (Å²) >= 11 is 0. The highest BCUT2D eigenvalue weighted by Gasteiger charge is 2.17. The van der Waals surface area contributed by atoms with Crippen molar-refractivity contribution in [3.8, 4) is 0 Å². The van der Waals surface area contributed by atoms with Crippen LogP contribution < -0.4 is 11.1 Å². The Labute approximate surface area is 93.8 Å². The van der Waals surface area contributed by atoms with E-state index in [9.17, 15) is 4.79 Å². The zero-order valence-corrected chi connectivity index (χ0v) is 10.4. The molecule has 0 fully saturated rings. The van der Waals surface area contributed by atoms with Gasteiger partial charge in [-0.2, -0.15) is 0 Å². The van der Waals surface area contributed by atoms with Crippen molar-refractivity contribution in [1.82, 2.24) is 5.32 Å². The van der Waals surface area contributed by atoms with Gasteiger partial charge in [-0.1, -0.05) is 46.5 Å². The molecule has 1 atom stereocenters. The van der Waals surface area contributed by atoms with Crippen molar-refractivity contribution >= 4 is 5.91 Å². The molecule has 0 heterocycles. The van der Waals surface area contributed by atoms with Crippen LogP contribution in [0.25, 0.3) is 0 Å². The maximum atomic E-state index is 11.1. The number of hydrogen-bond acceptors (Lipinski definition) is 2. The summed E-state index contributed by atoms with van der Waals surface area (Å²) in [5, 5.41) is 3.22. The van der Waals surface area contributed by atoms with Crippen molar-refractivity contribution in [2.75, 3.05) is 6.54 Å². The first kappa shape index (κ1) is 14.4. The molecule has 0 rings (SSSR count). The van der Waals surface area contributed by atoms with Crippen molar-refractivity contribution in [3.05, 3.63) is 0 Å². The number of carbonyl (C=O) groups excluding carboxylic acids is 1. The van der Waals surface area contributed by atoms with Gasteiger partial charge in [-0.15, -0.1) is 0 Å². The molecule has 0 aromatic rings. The highest BCUT2D eigenvalue weighted by Crippen LogP contribution is 2.03. The number of amides is 1. The van der Waals surface area contributed by atoms with Crippen molar-refractivity contribution in [2.24, 2.45) is 11.7 Å². The number of unbranched alkanes of at least 4 members (excludes halogenated alkanes) is 4. The summed E-state index contributed by atoms with van der Waals surface area (Å²) in [6.07, 6.45) is 6.24. The number of nitrogens with one attached hydrogen (secondary N) is 1. The van der Waals surface area contributed by atoms with Crippen LogP contribution in [0.3, 0.4) is 0 Å². The fraction of sp³-hybridized carbons (Fsp3) is 0.917. The van der Waals surface area contributed by atoms with E-state index in [1.165, 1.54) is 25.7 Å². The van der Waals surface area contributed by atoms with Gasteiger partial charge in [0, 0.05) is 0 Å². The van der Waals surface area contributed by atoms with Crippen molar-refractivity contribution < 1.29 is 4.79 Å². The minimum atomic E-state index is -0.237. The Bertz CT molecular complexity index is 169. The monoisotopic (exact) mass is 214 g/mol. The van der Waals surface area contributed by atoms with Gasteiger partial charge in [0.15, 0.2) is 0 Å². The van der Waals surface area contributed by atoms with E-state index < -0.39 is 0 Å². The Morgan fingerprint density at radius 1 is 1.20 bits per heavy atom. The van der Waals surface area contributed by atoms with Crippen LogP contribution in [0.1, 0.15) is 52.9 Å².